The number of hydrogen-bond donors (Lipinski definition) is 1. The average molecular weight is 491 g/mol. The van der Waals surface area contributed by atoms with Crippen molar-refractivity contribution in [2.75, 3.05) is 29.9 Å². The van der Waals surface area contributed by atoms with Crippen LogP contribution in [0.15, 0.2) is 47.4 Å². The van der Waals surface area contributed by atoms with E-state index in [1.165, 1.54) is 33.5 Å². The van der Waals surface area contributed by atoms with Gasteiger partial charge < -0.3 is 10.2 Å². The number of sulfonamides is 1. The molecule has 2 amide bonds. The number of carbonyl (C=O) groups excluding carboxylic acids is 2. The Morgan fingerprint density at radius 2 is 1.91 bits per heavy atom. The number of fused-ring (bicyclic) bond motifs is 1. The lowest BCUT2D eigenvalue weighted by Crippen LogP contribution is -2.31. The molecule has 2 heterocycles. The van der Waals surface area contributed by atoms with Crippen LogP contribution in [0.3, 0.4) is 0 Å². The maximum Gasteiger partial charge on any atom is 0.243 e. The maximum absolute atomic E-state index is 13.4. The van der Waals surface area contributed by atoms with Crippen molar-refractivity contribution in [1.82, 2.24) is 9.29 Å². The second kappa shape index (κ2) is 9.16. The van der Waals surface area contributed by atoms with Crippen LogP contribution in [0.25, 0.3) is 10.2 Å². The number of nitrogens with one attached hydrogen (secondary N) is 1. The van der Waals surface area contributed by atoms with Crippen molar-refractivity contribution in [1.29, 1.82) is 0 Å². The fraction of sp³-hybridized carbons (Fsp3) is 0.318. The van der Waals surface area contributed by atoms with Crippen molar-refractivity contribution < 1.29 is 22.4 Å². The molecule has 1 atom stereocenters. The first-order valence-corrected chi connectivity index (χ1v) is 12.8. The summed E-state index contributed by atoms with van der Waals surface area (Å²) in [6.45, 7) is 4.45. The van der Waals surface area contributed by atoms with Gasteiger partial charge in [0, 0.05) is 31.7 Å². The largest absolute Gasteiger partial charge is 0.312 e. The minimum atomic E-state index is -3.59. The van der Waals surface area contributed by atoms with Crippen LogP contribution in [0.1, 0.15) is 20.3 Å². The third-order valence-electron chi connectivity index (χ3n) is 5.57. The molecule has 0 spiro atoms. The Hall–Kier alpha value is -2.89. The number of aromatic nitrogens is 1. The molecule has 0 radical (unpaired) electrons. The van der Waals surface area contributed by atoms with Gasteiger partial charge in [0.1, 0.15) is 5.82 Å². The highest BCUT2D eigenvalue weighted by Crippen LogP contribution is 2.30. The Morgan fingerprint density at radius 1 is 1.21 bits per heavy atom. The van der Waals surface area contributed by atoms with Gasteiger partial charge in [-0.15, -0.1) is 0 Å². The van der Waals surface area contributed by atoms with E-state index in [-0.39, 0.29) is 35.5 Å². The normalized spacial score (nSPS) is 16.7. The van der Waals surface area contributed by atoms with E-state index in [0.29, 0.717) is 34.1 Å². The molecule has 4 rings (SSSR count). The molecule has 0 aliphatic carbocycles. The minimum absolute atomic E-state index is 0.0326. The van der Waals surface area contributed by atoms with Crippen LogP contribution in [0.5, 0.6) is 0 Å². The second-order valence-electron chi connectivity index (χ2n) is 7.61. The van der Waals surface area contributed by atoms with Gasteiger partial charge in [0.2, 0.25) is 21.8 Å². The summed E-state index contributed by atoms with van der Waals surface area (Å²) in [5.41, 5.74) is 1.12. The first-order chi connectivity index (χ1) is 15.7. The summed E-state index contributed by atoms with van der Waals surface area (Å²) in [4.78, 5) is 31.2. The van der Waals surface area contributed by atoms with Gasteiger partial charge in [0.05, 0.1) is 21.0 Å². The number of benzene rings is 2. The lowest BCUT2D eigenvalue weighted by Gasteiger charge is -2.20. The lowest BCUT2D eigenvalue weighted by atomic mass is 10.1. The van der Waals surface area contributed by atoms with Gasteiger partial charge in [-0.1, -0.05) is 25.2 Å². The third-order valence-corrected chi connectivity index (χ3v) is 8.57. The molecule has 0 bridgehead atoms. The van der Waals surface area contributed by atoms with Crippen LogP contribution in [0.2, 0.25) is 0 Å². The first kappa shape index (κ1) is 23.3. The fourth-order valence-electron chi connectivity index (χ4n) is 3.80. The molecule has 33 heavy (non-hydrogen) atoms. The zero-order valence-electron chi connectivity index (χ0n) is 18.1. The third kappa shape index (κ3) is 4.61. The SMILES string of the molecule is CCN(CC)S(=O)(=O)c1ccc(N2CC(C(=O)Nc3nc4ccc(F)cc4s3)CC2=O)cc1. The molecule has 1 fully saturated rings. The predicted octanol–water partition coefficient (Wildman–Crippen LogP) is 3.46. The molecule has 1 aromatic heterocycles. The van der Waals surface area contributed by atoms with Crippen LogP contribution in [0.4, 0.5) is 15.2 Å². The smallest absolute Gasteiger partial charge is 0.243 e. The van der Waals surface area contributed by atoms with Crippen LogP contribution in [-0.4, -0.2) is 49.2 Å². The van der Waals surface area contributed by atoms with Crippen molar-refractivity contribution >= 4 is 54.2 Å². The lowest BCUT2D eigenvalue weighted by molar-refractivity contribution is -0.122. The van der Waals surface area contributed by atoms with Gasteiger partial charge in [-0.2, -0.15) is 4.31 Å². The van der Waals surface area contributed by atoms with E-state index in [1.807, 2.05) is 0 Å². The highest BCUT2D eigenvalue weighted by Gasteiger charge is 2.35. The fourth-order valence-corrected chi connectivity index (χ4v) is 6.15. The van der Waals surface area contributed by atoms with Gasteiger partial charge in [0.15, 0.2) is 5.13 Å². The quantitative estimate of drug-likeness (QED) is 0.547. The summed E-state index contributed by atoms with van der Waals surface area (Å²) in [6, 6.07) is 10.3. The highest BCUT2D eigenvalue weighted by molar-refractivity contribution is 7.89. The van der Waals surface area contributed by atoms with Gasteiger partial charge in [-0.05, 0) is 42.5 Å². The average Bonchev–Trinajstić information content (AvgIpc) is 3.37. The van der Waals surface area contributed by atoms with Crippen molar-refractivity contribution in [3.63, 3.8) is 0 Å². The Kier molecular flexibility index (Phi) is 6.46. The molecule has 1 aliphatic heterocycles. The molecule has 1 aliphatic rings. The van der Waals surface area contributed by atoms with Crippen LogP contribution >= 0.6 is 11.3 Å². The van der Waals surface area contributed by atoms with Gasteiger partial charge in [0.25, 0.3) is 0 Å². The van der Waals surface area contributed by atoms with Gasteiger partial charge >= 0.3 is 0 Å². The van der Waals surface area contributed by atoms with Crippen LogP contribution in [-0.2, 0) is 19.6 Å². The molecule has 174 valence electrons. The van der Waals surface area contributed by atoms with Gasteiger partial charge in [-0.3, -0.25) is 9.59 Å². The topological polar surface area (TPSA) is 99.7 Å². The van der Waals surface area contributed by atoms with Crippen molar-refractivity contribution in [2.24, 2.45) is 5.92 Å². The zero-order valence-corrected chi connectivity index (χ0v) is 19.7. The molecule has 3 aromatic rings. The summed E-state index contributed by atoms with van der Waals surface area (Å²) < 4.78 is 40.7. The molecule has 8 nitrogen and oxygen atoms in total. The molecule has 2 aromatic carbocycles. The summed E-state index contributed by atoms with van der Waals surface area (Å²) in [5, 5.41) is 3.07. The van der Waals surface area contributed by atoms with Crippen molar-refractivity contribution in [3.05, 3.63) is 48.3 Å². The number of anilines is 2. The molecule has 1 unspecified atom stereocenters. The molecular formula is C22H23FN4O4S2. The molecular weight excluding hydrogens is 467 g/mol. The molecule has 1 saturated heterocycles. The minimum Gasteiger partial charge on any atom is -0.312 e. The summed E-state index contributed by atoms with van der Waals surface area (Å²) in [7, 11) is -3.59. The van der Waals surface area contributed by atoms with E-state index in [9.17, 15) is 22.4 Å². The maximum atomic E-state index is 13.4. The number of carbonyl (C=O) groups is 2. The first-order valence-electron chi connectivity index (χ1n) is 10.5. The Bertz CT molecular complexity index is 1300. The summed E-state index contributed by atoms with van der Waals surface area (Å²) in [6.07, 6.45) is 0.0326. The predicted molar refractivity (Wildman–Crippen MR) is 125 cm³/mol. The molecule has 11 heteroatoms. The van der Waals surface area contributed by atoms with E-state index in [2.05, 4.69) is 10.3 Å². The standard InChI is InChI=1S/C22H23FN4O4S2/c1-3-26(4-2)33(30,31)17-8-6-16(7-9-17)27-13-14(11-20(27)28)21(29)25-22-24-18-10-5-15(23)12-19(18)32-22/h5-10,12,14H,3-4,11,13H2,1-2H3,(H,24,25,29). The van der Waals surface area contributed by atoms with E-state index >= 15 is 0 Å². The number of hydrogen-bond acceptors (Lipinski definition) is 6. The summed E-state index contributed by atoms with van der Waals surface area (Å²) >= 11 is 1.16. The molecule has 1 N–H and O–H groups in total. The van der Waals surface area contributed by atoms with E-state index in [0.717, 1.165) is 11.3 Å². The number of halogens is 1. The zero-order chi connectivity index (χ0) is 23.8. The number of rotatable bonds is 7. The highest BCUT2D eigenvalue weighted by atomic mass is 32.2. The van der Waals surface area contributed by atoms with E-state index < -0.39 is 15.9 Å². The van der Waals surface area contributed by atoms with Crippen LogP contribution in [0, 0.1) is 11.7 Å². The monoisotopic (exact) mass is 490 g/mol. The molecule has 0 saturated carbocycles. The number of thiazole rings is 1. The Balaban J connectivity index is 1.45. The van der Waals surface area contributed by atoms with Crippen LogP contribution < -0.4 is 10.2 Å². The van der Waals surface area contributed by atoms with Crippen molar-refractivity contribution in [2.45, 2.75) is 25.2 Å². The van der Waals surface area contributed by atoms with Gasteiger partial charge in [-0.25, -0.2) is 17.8 Å². The second-order valence-corrected chi connectivity index (χ2v) is 10.6. The summed E-state index contributed by atoms with van der Waals surface area (Å²) in [5.74, 6) is -1.52. The Labute approximate surface area is 195 Å². The van der Waals surface area contributed by atoms with E-state index in [1.54, 1.807) is 32.0 Å². The number of nitrogens with zero attached hydrogens (tertiary/aromatic N) is 3. The Morgan fingerprint density at radius 3 is 2.58 bits per heavy atom. The number of amides is 2. The van der Waals surface area contributed by atoms with E-state index in [4.69, 9.17) is 0 Å². The van der Waals surface area contributed by atoms with Crippen molar-refractivity contribution in [3.8, 4) is 0 Å².